The van der Waals surface area contributed by atoms with Crippen LogP contribution in [-0.4, -0.2) is 62.8 Å². The number of benzene rings is 2. The van der Waals surface area contributed by atoms with E-state index in [1.807, 2.05) is 42.5 Å². The topological polar surface area (TPSA) is 108 Å². The standard InChI is InChI=1S/C37H51NO7SSi/c1-5-6-7-8-9-21-36(41)46-23-15-14-16-28(25-34(39)43-22-24-47(2,3)4)45-35(40)26-38-37(42)44-27-33-31-19-12-10-17-29(31)30-18-11-13-20-32(30)33/h10-14,16-20,28,33H,5-9,15,21-27H2,1-4H3,(H,38,42)/t28-/m1/s1. The molecule has 0 spiro atoms. The van der Waals surface area contributed by atoms with Gasteiger partial charge in [-0.15, -0.1) is 0 Å². The van der Waals surface area contributed by atoms with Gasteiger partial charge in [-0.25, -0.2) is 4.79 Å². The molecule has 1 amide bonds. The molecule has 1 atom stereocenters. The number of allylic oxidation sites excluding steroid dienone is 1. The number of rotatable bonds is 20. The first-order valence-corrected chi connectivity index (χ1v) is 21.5. The van der Waals surface area contributed by atoms with Crippen LogP contribution < -0.4 is 5.32 Å². The molecule has 47 heavy (non-hydrogen) atoms. The lowest BCUT2D eigenvalue weighted by Crippen LogP contribution is -2.34. The van der Waals surface area contributed by atoms with E-state index < -0.39 is 38.8 Å². The van der Waals surface area contributed by atoms with Gasteiger partial charge in [0.05, 0.1) is 13.0 Å². The highest BCUT2D eigenvalue weighted by Crippen LogP contribution is 2.44. The van der Waals surface area contributed by atoms with E-state index >= 15 is 0 Å². The van der Waals surface area contributed by atoms with Gasteiger partial charge in [0.1, 0.15) is 19.3 Å². The van der Waals surface area contributed by atoms with Crippen molar-refractivity contribution < 1.29 is 33.4 Å². The van der Waals surface area contributed by atoms with Crippen molar-refractivity contribution in [3.05, 3.63) is 71.8 Å². The van der Waals surface area contributed by atoms with Gasteiger partial charge in [-0.05, 0) is 47.2 Å². The number of esters is 2. The molecule has 0 radical (unpaired) electrons. The van der Waals surface area contributed by atoms with Crippen molar-refractivity contribution in [1.29, 1.82) is 0 Å². The fourth-order valence-corrected chi connectivity index (χ4v) is 6.77. The average molecular weight is 682 g/mol. The zero-order valence-electron chi connectivity index (χ0n) is 28.4. The number of carbonyl (C=O) groups excluding carboxylic acids is 4. The number of alkyl carbamates (subject to hydrolysis) is 1. The molecule has 1 aliphatic carbocycles. The van der Waals surface area contributed by atoms with Crippen LogP contribution in [0.3, 0.4) is 0 Å². The lowest BCUT2D eigenvalue weighted by molar-refractivity contribution is -0.151. The number of carbonyl (C=O) groups is 4. The second-order valence-electron chi connectivity index (χ2n) is 13.0. The summed E-state index contributed by atoms with van der Waals surface area (Å²) in [7, 11) is -1.38. The van der Waals surface area contributed by atoms with Gasteiger partial charge >= 0.3 is 18.0 Å². The monoisotopic (exact) mass is 681 g/mol. The predicted molar refractivity (Wildman–Crippen MR) is 191 cm³/mol. The van der Waals surface area contributed by atoms with Gasteiger partial charge in [0.15, 0.2) is 5.12 Å². The Morgan fingerprint density at radius 2 is 1.55 bits per heavy atom. The average Bonchev–Trinajstić information content (AvgIpc) is 3.35. The minimum Gasteiger partial charge on any atom is -0.466 e. The molecule has 0 aromatic heterocycles. The largest absolute Gasteiger partial charge is 0.466 e. The first kappa shape index (κ1) is 38.1. The number of ether oxygens (including phenoxy) is 3. The summed E-state index contributed by atoms with van der Waals surface area (Å²) in [4.78, 5) is 49.9. The third kappa shape index (κ3) is 14.1. The number of hydrogen-bond acceptors (Lipinski definition) is 8. The van der Waals surface area contributed by atoms with Crippen molar-refractivity contribution in [2.24, 2.45) is 0 Å². The predicted octanol–water partition coefficient (Wildman–Crippen LogP) is 8.28. The van der Waals surface area contributed by atoms with Gasteiger partial charge in [0.2, 0.25) is 0 Å². The summed E-state index contributed by atoms with van der Waals surface area (Å²) in [5, 5.41) is 2.65. The van der Waals surface area contributed by atoms with Crippen LogP contribution in [0.25, 0.3) is 11.1 Å². The van der Waals surface area contributed by atoms with Crippen molar-refractivity contribution in [2.75, 3.05) is 25.5 Å². The van der Waals surface area contributed by atoms with Crippen LogP contribution in [0.15, 0.2) is 60.7 Å². The zero-order chi connectivity index (χ0) is 34.1. The van der Waals surface area contributed by atoms with Crippen LogP contribution in [0.4, 0.5) is 4.79 Å². The van der Waals surface area contributed by atoms with E-state index in [-0.39, 0.29) is 24.1 Å². The van der Waals surface area contributed by atoms with Crippen LogP contribution in [0.5, 0.6) is 0 Å². The molecule has 2 aromatic rings. The molecule has 3 rings (SSSR count). The first-order chi connectivity index (χ1) is 22.6. The van der Waals surface area contributed by atoms with E-state index in [0.717, 1.165) is 41.1 Å². The van der Waals surface area contributed by atoms with Gasteiger partial charge in [0.25, 0.3) is 0 Å². The Kier molecular flexibility index (Phi) is 16.3. The highest BCUT2D eigenvalue weighted by Gasteiger charge is 2.29. The minimum absolute atomic E-state index is 0.0965. The molecule has 10 heteroatoms. The van der Waals surface area contributed by atoms with Crippen LogP contribution in [0.1, 0.15) is 75.3 Å². The van der Waals surface area contributed by atoms with Gasteiger partial charge in [-0.1, -0.05) is 119 Å². The molecule has 0 fully saturated rings. The summed E-state index contributed by atoms with van der Waals surface area (Å²) in [6.07, 6.45) is 8.46. The van der Waals surface area contributed by atoms with E-state index in [4.69, 9.17) is 14.2 Å². The molecule has 0 bridgehead atoms. The van der Waals surface area contributed by atoms with Crippen molar-refractivity contribution in [1.82, 2.24) is 5.32 Å². The molecule has 1 N–H and O–H groups in total. The molecule has 8 nitrogen and oxygen atoms in total. The van der Waals surface area contributed by atoms with Crippen LogP contribution in [0.2, 0.25) is 25.7 Å². The van der Waals surface area contributed by atoms with Crippen LogP contribution >= 0.6 is 11.8 Å². The fourth-order valence-electron chi connectivity index (χ4n) is 5.28. The maximum atomic E-state index is 12.7. The van der Waals surface area contributed by atoms with Crippen molar-refractivity contribution >= 4 is 43.0 Å². The summed E-state index contributed by atoms with van der Waals surface area (Å²) in [5.74, 6) is -0.645. The van der Waals surface area contributed by atoms with Gasteiger partial charge < -0.3 is 19.5 Å². The second kappa shape index (κ2) is 20.1. The summed E-state index contributed by atoms with van der Waals surface area (Å²) in [6.45, 7) is 8.82. The number of thioether (sulfide) groups is 1. The SMILES string of the molecule is CCCCCCCC(=O)SCCC=C[C@H](CC(=O)OCC[Si](C)(C)C)OC(=O)CNC(=O)OCC1c2ccccc2-c2ccccc21. The molecule has 256 valence electrons. The number of amides is 1. The van der Waals surface area contributed by atoms with E-state index in [2.05, 4.69) is 44.0 Å². The Bertz CT molecular complexity index is 1310. The lowest BCUT2D eigenvalue weighted by Gasteiger charge is -2.17. The van der Waals surface area contributed by atoms with Crippen molar-refractivity contribution in [3.63, 3.8) is 0 Å². The third-order valence-corrected chi connectivity index (χ3v) is 10.5. The first-order valence-electron chi connectivity index (χ1n) is 16.8. The number of hydrogen-bond donors (Lipinski definition) is 1. The minimum atomic E-state index is -1.38. The normalized spacial score (nSPS) is 13.1. The Morgan fingerprint density at radius 3 is 2.21 bits per heavy atom. The number of unbranched alkanes of at least 4 members (excludes halogenated alkanes) is 4. The number of nitrogens with one attached hydrogen (secondary N) is 1. The van der Waals surface area contributed by atoms with Crippen LogP contribution in [-0.2, 0) is 28.6 Å². The maximum absolute atomic E-state index is 12.7. The Morgan fingerprint density at radius 1 is 0.894 bits per heavy atom. The molecule has 2 aromatic carbocycles. The smallest absolute Gasteiger partial charge is 0.407 e. The van der Waals surface area contributed by atoms with Gasteiger partial charge in [-0.3, -0.25) is 14.4 Å². The molecule has 1 aliphatic rings. The molecular formula is C37H51NO7SSi. The van der Waals surface area contributed by atoms with Crippen LogP contribution in [0, 0.1) is 0 Å². The molecule has 0 unspecified atom stereocenters. The van der Waals surface area contributed by atoms with Crippen molar-refractivity contribution in [2.45, 2.75) is 96.0 Å². The molecular weight excluding hydrogens is 631 g/mol. The summed E-state index contributed by atoms with van der Waals surface area (Å²) < 4.78 is 16.5. The molecule has 0 heterocycles. The van der Waals surface area contributed by atoms with Gasteiger partial charge in [-0.2, -0.15) is 0 Å². The van der Waals surface area contributed by atoms with Gasteiger partial charge in [0, 0.05) is 26.2 Å². The molecule has 0 aliphatic heterocycles. The van der Waals surface area contributed by atoms with Crippen molar-refractivity contribution in [3.8, 4) is 11.1 Å². The highest BCUT2D eigenvalue weighted by molar-refractivity contribution is 8.13. The number of fused-ring (bicyclic) bond motifs is 3. The molecule has 0 saturated carbocycles. The Balaban J connectivity index is 1.46. The van der Waals surface area contributed by atoms with E-state index in [1.54, 1.807) is 6.08 Å². The Hall–Kier alpha value is -3.37. The summed E-state index contributed by atoms with van der Waals surface area (Å²) >= 11 is 1.30. The Labute approximate surface area is 285 Å². The van der Waals surface area contributed by atoms with E-state index in [0.29, 0.717) is 25.2 Å². The summed E-state index contributed by atoms with van der Waals surface area (Å²) in [5.41, 5.74) is 4.44. The second-order valence-corrected chi connectivity index (χ2v) is 19.8. The lowest BCUT2D eigenvalue weighted by atomic mass is 9.98. The van der Waals surface area contributed by atoms with E-state index in [1.165, 1.54) is 31.0 Å². The van der Waals surface area contributed by atoms with E-state index in [9.17, 15) is 19.2 Å². The quantitative estimate of drug-likeness (QED) is 0.0489. The highest BCUT2D eigenvalue weighted by atomic mass is 32.2. The fraction of sp³-hybridized carbons (Fsp3) is 0.514. The maximum Gasteiger partial charge on any atom is 0.407 e. The molecule has 0 saturated heterocycles. The summed E-state index contributed by atoms with van der Waals surface area (Å²) in [6, 6.07) is 17.0. The zero-order valence-corrected chi connectivity index (χ0v) is 30.2. The third-order valence-electron chi connectivity index (χ3n) is 7.87.